The highest BCUT2D eigenvalue weighted by atomic mass is 79.9. The number of hydrogen-bond donors (Lipinski definition) is 1. The molecule has 86 valence electrons. The van der Waals surface area contributed by atoms with Crippen molar-refractivity contribution in [1.82, 2.24) is 4.98 Å². The first-order valence-electron chi connectivity index (χ1n) is 5.15. The quantitative estimate of drug-likeness (QED) is 0.921. The molecule has 4 heteroatoms. The van der Waals surface area contributed by atoms with Gasteiger partial charge in [-0.05, 0) is 42.8 Å². The monoisotopic (exact) mass is 290 g/mol. The van der Waals surface area contributed by atoms with E-state index in [0.29, 0.717) is 5.69 Å². The second-order valence-corrected chi connectivity index (χ2v) is 4.49. The summed E-state index contributed by atoms with van der Waals surface area (Å²) in [6.45, 7) is 1.97. The summed E-state index contributed by atoms with van der Waals surface area (Å²) in [5, 5.41) is 2.80. The summed E-state index contributed by atoms with van der Waals surface area (Å²) in [5.74, 6) is -0.202. The average molecular weight is 291 g/mol. The molecule has 0 spiro atoms. The maximum absolute atomic E-state index is 11.8. The highest BCUT2D eigenvalue weighted by Gasteiger charge is 2.06. The van der Waals surface area contributed by atoms with Gasteiger partial charge >= 0.3 is 0 Å². The van der Waals surface area contributed by atoms with Crippen molar-refractivity contribution in [2.75, 3.05) is 5.32 Å². The molecule has 1 N–H and O–H groups in total. The summed E-state index contributed by atoms with van der Waals surface area (Å²) in [6, 6.07) is 10.9. The molecule has 3 nitrogen and oxygen atoms in total. The van der Waals surface area contributed by atoms with Crippen molar-refractivity contribution in [3.05, 3.63) is 58.3 Å². The third-order valence-electron chi connectivity index (χ3n) is 2.31. The van der Waals surface area contributed by atoms with Gasteiger partial charge in [-0.25, -0.2) is 0 Å². The SMILES string of the molecule is Cc1cc(NC(=O)c2ccccn2)ccc1Br. The lowest BCUT2D eigenvalue weighted by Crippen LogP contribution is -2.13. The molecule has 17 heavy (non-hydrogen) atoms. The number of halogens is 1. The van der Waals surface area contributed by atoms with Crippen molar-refractivity contribution < 1.29 is 4.79 Å². The maximum atomic E-state index is 11.8. The smallest absolute Gasteiger partial charge is 0.274 e. The number of benzene rings is 1. The molecule has 2 aromatic rings. The fourth-order valence-electron chi connectivity index (χ4n) is 1.41. The van der Waals surface area contributed by atoms with Gasteiger partial charge in [-0.2, -0.15) is 0 Å². The van der Waals surface area contributed by atoms with Crippen LogP contribution in [0.1, 0.15) is 16.1 Å². The van der Waals surface area contributed by atoms with E-state index in [1.54, 1.807) is 24.4 Å². The molecular formula is C13H11BrN2O. The van der Waals surface area contributed by atoms with Crippen LogP contribution >= 0.6 is 15.9 Å². The lowest BCUT2D eigenvalue weighted by Gasteiger charge is -2.06. The number of aryl methyl sites for hydroxylation is 1. The number of carbonyl (C=O) groups is 1. The van der Waals surface area contributed by atoms with Crippen molar-refractivity contribution in [3.63, 3.8) is 0 Å². The highest BCUT2D eigenvalue weighted by Crippen LogP contribution is 2.20. The first-order valence-corrected chi connectivity index (χ1v) is 5.94. The van der Waals surface area contributed by atoms with Crippen molar-refractivity contribution in [2.45, 2.75) is 6.92 Å². The van der Waals surface area contributed by atoms with Gasteiger partial charge in [0.2, 0.25) is 0 Å². The number of nitrogens with zero attached hydrogens (tertiary/aromatic N) is 1. The Kier molecular flexibility index (Phi) is 3.54. The predicted molar refractivity (Wildman–Crippen MR) is 71.1 cm³/mol. The number of anilines is 1. The first kappa shape index (κ1) is 11.8. The fraction of sp³-hybridized carbons (Fsp3) is 0.0769. The van der Waals surface area contributed by atoms with Gasteiger partial charge in [-0.3, -0.25) is 9.78 Å². The lowest BCUT2D eigenvalue weighted by molar-refractivity contribution is 0.102. The van der Waals surface area contributed by atoms with Gasteiger partial charge in [-0.1, -0.05) is 22.0 Å². The van der Waals surface area contributed by atoms with E-state index in [-0.39, 0.29) is 5.91 Å². The summed E-state index contributed by atoms with van der Waals surface area (Å²) in [5.41, 5.74) is 2.25. The van der Waals surface area contributed by atoms with Crippen LogP contribution < -0.4 is 5.32 Å². The number of carbonyl (C=O) groups excluding carboxylic acids is 1. The lowest BCUT2D eigenvalue weighted by atomic mass is 10.2. The molecule has 0 bridgehead atoms. The zero-order chi connectivity index (χ0) is 12.3. The normalized spacial score (nSPS) is 10.0. The molecule has 0 atom stereocenters. The van der Waals surface area contributed by atoms with Crippen LogP contribution in [-0.2, 0) is 0 Å². The highest BCUT2D eigenvalue weighted by molar-refractivity contribution is 9.10. The molecule has 1 aromatic carbocycles. The molecule has 0 radical (unpaired) electrons. The first-order chi connectivity index (χ1) is 8.16. The van der Waals surface area contributed by atoms with Crippen molar-refractivity contribution >= 4 is 27.5 Å². The molecular weight excluding hydrogens is 280 g/mol. The van der Waals surface area contributed by atoms with Crippen LogP contribution in [-0.4, -0.2) is 10.9 Å². The molecule has 0 saturated heterocycles. The zero-order valence-corrected chi connectivity index (χ0v) is 10.9. The Bertz CT molecular complexity index is 540. The van der Waals surface area contributed by atoms with Gasteiger partial charge < -0.3 is 5.32 Å². The van der Waals surface area contributed by atoms with Crippen LogP contribution in [0.3, 0.4) is 0 Å². The van der Waals surface area contributed by atoms with E-state index in [2.05, 4.69) is 26.2 Å². The molecule has 1 heterocycles. The summed E-state index contributed by atoms with van der Waals surface area (Å²) in [6.07, 6.45) is 1.60. The number of pyridine rings is 1. The van der Waals surface area contributed by atoms with Crippen LogP contribution in [0.5, 0.6) is 0 Å². The fourth-order valence-corrected chi connectivity index (χ4v) is 1.66. The summed E-state index contributed by atoms with van der Waals surface area (Å²) < 4.78 is 1.02. The van der Waals surface area contributed by atoms with E-state index in [9.17, 15) is 4.79 Å². The van der Waals surface area contributed by atoms with Crippen molar-refractivity contribution in [2.24, 2.45) is 0 Å². The number of hydrogen-bond acceptors (Lipinski definition) is 2. The van der Waals surface area contributed by atoms with Crippen molar-refractivity contribution in [1.29, 1.82) is 0 Å². The minimum absolute atomic E-state index is 0.202. The topological polar surface area (TPSA) is 42.0 Å². The Labute approximate surface area is 108 Å². The van der Waals surface area contributed by atoms with Gasteiger partial charge in [0.05, 0.1) is 0 Å². The number of rotatable bonds is 2. The predicted octanol–water partition coefficient (Wildman–Crippen LogP) is 3.40. The summed E-state index contributed by atoms with van der Waals surface area (Å²) in [7, 11) is 0. The third-order valence-corrected chi connectivity index (χ3v) is 3.20. The standard InChI is InChI=1S/C13H11BrN2O/c1-9-8-10(5-6-11(9)14)16-13(17)12-4-2-3-7-15-12/h2-8H,1H3,(H,16,17). The second-order valence-electron chi connectivity index (χ2n) is 3.63. The molecule has 0 aliphatic rings. The third kappa shape index (κ3) is 2.91. The van der Waals surface area contributed by atoms with Gasteiger partial charge in [0.1, 0.15) is 5.69 Å². The van der Waals surface area contributed by atoms with E-state index in [4.69, 9.17) is 0 Å². The molecule has 2 rings (SSSR count). The van der Waals surface area contributed by atoms with Gasteiger partial charge in [0, 0.05) is 16.4 Å². The molecule has 0 aliphatic heterocycles. The molecule has 0 aliphatic carbocycles. The van der Waals surface area contributed by atoms with Crippen LogP contribution in [0.4, 0.5) is 5.69 Å². The summed E-state index contributed by atoms with van der Waals surface area (Å²) in [4.78, 5) is 15.8. The molecule has 0 unspecified atom stereocenters. The van der Waals surface area contributed by atoms with E-state index < -0.39 is 0 Å². The Morgan fingerprint density at radius 1 is 1.29 bits per heavy atom. The molecule has 0 fully saturated rings. The van der Waals surface area contributed by atoms with Crippen LogP contribution in [0.2, 0.25) is 0 Å². The molecule has 0 saturated carbocycles. The Hall–Kier alpha value is -1.68. The molecule has 1 aromatic heterocycles. The van der Waals surface area contributed by atoms with E-state index in [0.717, 1.165) is 15.7 Å². The van der Waals surface area contributed by atoms with Crippen molar-refractivity contribution in [3.8, 4) is 0 Å². The number of nitrogens with one attached hydrogen (secondary N) is 1. The van der Waals surface area contributed by atoms with E-state index in [1.807, 2.05) is 25.1 Å². The van der Waals surface area contributed by atoms with Gasteiger partial charge in [-0.15, -0.1) is 0 Å². The van der Waals surface area contributed by atoms with Crippen LogP contribution in [0.15, 0.2) is 47.1 Å². The average Bonchev–Trinajstić information content (AvgIpc) is 2.35. The molecule has 1 amide bonds. The Morgan fingerprint density at radius 2 is 2.12 bits per heavy atom. The second kappa shape index (κ2) is 5.10. The maximum Gasteiger partial charge on any atom is 0.274 e. The summed E-state index contributed by atoms with van der Waals surface area (Å²) >= 11 is 3.42. The van der Waals surface area contributed by atoms with E-state index >= 15 is 0 Å². The van der Waals surface area contributed by atoms with Crippen LogP contribution in [0, 0.1) is 6.92 Å². The van der Waals surface area contributed by atoms with Crippen LogP contribution in [0.25, 0.3) is 0 Å². The number of aromatic nitrogens is 1. The van der Waals surface area contributed by atoms with E-state index in [1.165, 1.54) is 0 Å². The number of amides is 1. The minimum Gasteiger partial charge on any atom is -0.321 e. The van der Waals surface area contributed by atoms with Gasteiger partial charge in [0.25, 0.3) is 5.91 Å². The minimum atomic E-state index is -0.202. The van der Waals surface area contributed by atoms with Gasteiger partial charge in [0.15, 0.2) is 0 Å². The Morgan fingerprint density at radius 3 is 2.76 bits per heavy atom. The Balaban J connectivity index is 2.16. The largest absolute Gasteiger partial charge is 0.321 e. The zero-order valence-electron chi connectivity index (χ0n) is 9.27.